The zero-order valence-corrected chi connectivity index (χ0v) is 18.7. The number of imide groups is 1. The highest BCUT2D eigenvalue weighted by Gasteiger charge is 2.53. The zero-order valence-electron chi connectivity index (χ0n) is 17.2. The van der Waals surface area contributed by atoms with Gasteiger partial charge in [-0.05, 0) is 30.5 Å². The number of carbonyl (C=O) groups excluding carboxylic acids is 4. The lowest BCUT2D eigenvalue weighted by molar-refractivity contribution is -0.154. The first-order chi connectivity index (χ1) is 15.3. The second-order valence-electron chi connectivity index (χ2n) is 7.92. The molecule has 0 unspecified atom stereocenters. The van der Waals surface area contributed by atoms with E-state index < -0.39 is 41.9 Å². The fourth-order valence-electron chi connectivity index (χ4n) is 4.23. The second-order valence-corrected chi connectivity index (χ2v) is 8.74. The molecule has 8 heteroatoms. The fourth-order valence-corrected chi connectivity index (χ4v) is 4.53. The molecule has 1 saturated heterocycles. The number of hydrogen-bond acceptors (Lipinski definition) is 4. The Balaban J connectivity index is 1.72. The van der Waals surface area contributed by atoms with E-state index in [4.69, 9.17) is 23.2 Å². The van der Waals surface area contributed by atoms with Crippen LogP contribution in [0, 0.1) is 17.8 Å². The second kappa shape index (κ2) is 8.88. The first-order valence-corrected chi connectivity index (χ1v) is 10.9. The molecule has 6 nitrogen and oxygen atoms in total. The summed E-state index contributed by atoms with van der Waals surface area (Å²) in [5.74, 6) is -3.32. The quantitative estimate of drug-likeness (QED) is 0.368. The van der Waals surface area contributed by atoms with E-state index in [9.17, 15) is 19.2 Å². The Kier molecular flexibility index (Phi) is 6.17. The predicted octanol–water partition coefficient (Wildman–Crippen LogP) is 4.43. The van der Waals surface area contributed by atoms with E-state index in [1.54, 1.807) is 30.3 Å². The molecule has 0 saturated carbocycles. The van der Waals surface area contributed by atoms with Crippen LogP contribution in [-0.2, 0) is 9.59 Å². The van der Waals surface area contributed by atoms with Crippen LogP contribution < -0.4 is 0 Å². The van der Waals surface area contributed by atoms with Gasteiger partial charge in [-0.25, -0.2) is 5.01 Å². The number of halogens is 2. The van der Waals surface area contributed by atoms with Crippen LogP contribution in [0.4, 0.5) is 0 Å². The summed E-state index contributed by atoms with van der Waals surface area (Å²) in [4.78, 5) is 52.9. The molecule has 3 amide bonds. The lowest BCUT2D eigenvalue weighted by atomic mass is 9.78. The summed E-state index contributed by atoms with van der Waals surface area (Å²) in [6.45, 7) is 1.39. The predicted molar refractivity (Wildman–Crippen MR) is 120 cm³/mol. The van der Waals surface area contributed by atoms with Crippen molar-refractivity contribution in [3.8, 4) is 0 Å². The molecule has 0 aromatic heterocycles. The van der Waals surface area contributed by atoms with Crippen molar-refractivity contribution in [2.75, 3.05) is 6.54 Å². The molecule has 2 aliphatic rings. The van der Waals surface area contributed by atoms with E-state index in [2.05, 4.69) is 0 Å². The van der Waals surface area contributed by atoms with Crippen molar-refractivity contribution in [2.45, 2.75) is 13.3 Å². The van der Waals surface area contributed by atoms with Gasteiger partial charge in [-0.3, -0.25) is 19.2 Å². The number of amides is 3. The fraction of sp³-hybridized carbons (Fsp3) is 0.250. The van der Waals surface area contributed by atoms with Crippen LogP contribution in [0.15, 0.2) is 60.7 Å². The average Bonchev–Trinajstić information content (AvgIpc) is 3.05. The molecule has 0 radical (unpaired) electrons. The van der Waals surface area contributed by atoms with Gasteiger partial charge in [-0.1, -0.05) is 72.6 Å². The number of rotatable bonds is 5. The van der Waals surface area contributed by atoms with Crippen LogP contribution in [0.3, 0.4) is 0 Å². The molecule has 2 aromatic carbocycles. The monoisotopic (exact) mass is 470 g/mol. The van der Waals surface area contributed by atoms with Crippen molar-refractivity contribution in [3.63, 3.8) is 0 Å². The Morgan fingerprint density at radius 1 is 1.00 bits per heavy atom. The van der Waals surface area contributed by atoms with Gasteiger partial charge in [0.2, 0.25) is 0 Å². The van der Waals surface area contributed by atoms with E-state index in [0.717, 1.165) is 10.0 Å². The maximum atomic E-state index is 13.5. The maximum Gasteiger partial charge on any atom is 0.273 e. The summed E-state index contributed by atoms with van der Waals surface area (Å²) in [5.41, 5.74) is 0.480. The topological polar surface area (TPSA) is 74.8 Å². The third kappa shape index (κ3) is 3.96. The number of ketones is 1. The molecule has 2 aromatic rings. The van der Waals surface area contributed by atoms with Crippen LogP contribution in [0.2, 0.25) is 10.0 Å². The number of Topliss-reactive ketones (excluding diaryl/α,β-unsaturated/α-hetero) is 1. The van der Waals surface area contributed by atoms with E-state index in [0.29, 0.717) is 12.0 Å². The summed E-state index contributed by atoms with van der Waals surface area (Å²) < 4.78 is 0. The van der Waals surface area contributed by atoms with Gasteiger partial charge in [-0.2, -0.15) is 5.01 Å². The molecule has 4 rings (SSSR count). The Hall–Kier alpha value is -2.96. The lowest BCUT2D eigenvalue weighted by Gasteiger charge is -2.30. The zero-order chi connectivity index (χ0) is 23.0. The molecule has 1 heterocycles. The van der Waals surface area contributed by atoms with Crippen molar-refractivity contribution in [2.24, 2.45) is 17.8 Å². The molecule has 3 atom stereocenters. The number of hydrazine groups is 1. The first kappa shape index (κ1) is 22.2. The number of fused-ring (bicyclic) bond motifs is 1. The normalized spacial score (nSPS) is 22.1. The minimum Gasteiger partial charge on any atom is -0.292 e. The minimum atomic E-state index is -0.686. The molecule has 1 aliphatic heterocycles. The smallest absolute Gasteiger partial charge is 0.273 e. The van der Waals surface area contributed by atoms with Gasteiger partial charge in [-0.15, -0.1) is 0 Å². The molecular formula is C24H20Cl2N2O4. The van der Waals surface area contributed by atoms with Gasteiger partial charge < -0.3 is 0 Å². The molecule has 0 spiro atoms. The van der Waals surface area contributed by atoms with Crippen LogP contribution in [0.1, 0.15) is 34.1 Å². The Bertz CT molecular complexity index is 1130. The van der Waals surface area contributed by atoms with Crippen molar-refractivity contribution in [1.82, 2.24) is 10.0 Å². The highest BCUT2D eigenvalue weighted by atomic mass is 35.5. The van der Waals surface area contributed by atoms with Crippen molar-refractivity contribution >= 4 is 46.7 Å². The van der Waals surface area contributed by atoms with Crippen LogP contribution in [0.25, 0.3) is 0 Å². The number of benzene rings is 2. The van der Waals surface area contributed by atoms with E-state index in [-0.39, 0.29) is 21.5 Å². The van der Waals surface area contributed by atoms with Crippen LogP contribution >= 0.6 is 23.2 Å². The molecular weight excluding hydrogens is 451 g/mol. The van der Waals surface area contributed by atoms with Gasteiger partial charge in [0.1, 0.15) is 6.54 Å². The molecule has 164 valence electrons. The van der Waals surface area contributed by atoms with E-state index in [1.807, 2.05) is 19.1 Å². The molecule has 1 aliphatic carbocycles. The van der Waals surface area contributed by atoms with Crippen molar-refractivity contribution in [3.05, 3.63) is 81.9 Å². The number of nitrogens with zero attached hydrogens (tertiary/aromatic N) is 2. The van der Waals surface area contributed by atoms with Gasteiger partial charge in [0.25, 0.3) is 17.7 Å². The molecule has 0 N–H and O–H groups in total. The lowest BCUT2D eigenvalue weighted by Crippen LogP contribution is -2.52. The third-order valence-corrected chi connectivity index (χ3v) is 6.62. The number of carbonyl (C=O) groups is 4. The van der Waals surface area contributed by atoms with E-state index >= 15 is 0 Å². The van der Waals surface area contributed by atoms with Crippen molar-refractivity contribution < 1.29 is 19.2 Å². The standard InChI is InChI=1S/C24H20Cl2N2O4/c1-14-6-5-9-17-21(14)24(32)28(23(17)31)27(13-20(29)15-7-3-2-4-8-15)22(30)16-10-11-18(25)19(26)12-16/h2-8,10-12,14,17,21H,9,13H2,1H3/t14-,17+,21+/m1/s1. The Labute approximate surface area is 195 Å². The maximum absolute atomic E-state index is 13.5. The van der Waals surface area contributed by atoms with Crippen LogP contribution in [-0.4, -0.2) is 40.1 Å². The summed E-state index contributed by atoms with van der Waals surface area (Å²) in [6, 6.07) is 12.6. The molecule has 32 heavy (non-hydrogen) atoms. The highest BCUT2D eigenvalue weighted by Crippen LogP contribution is 2.39. The number of allylic oxidation sites excluding steroid dienone is 2. The summed E-state index contributed by atoms with van der Waals surface area (Å²) in [5, 5.41) is 2.20. The molecule has 1 fully saturated rings. The Morgan fingerprint density at radius 2 is 1.72 bits per heavy atom. The summed E-state index contributed by atoms with van der Waals surface area (Å²) in [6.07, 6.45) is 4.19. The molecule has 0 bridgehead atoms. The first-order valence-electron chi connectivity index (χ1n) is 10.2. The third-order valence-electron chi connectivity index (χ3n) is 5.88. The highest BCUT2D eigenvalue weighted by molar-refractivity contribution is 6.42. The number of hydrogen-bond donors (Lipinski definition) is 0. The van der Waals surface area contributed by atoms with Crippen molar-refractivity contribution in [1.29, 1.82) is 0 Å². The van der Waals surface area contributed by atoms with Gasteiger partial charge in [0.05, 0.1) is 21.9 Å². The SMILES string of the molecule is C[C@@H]1C=CC[C@@H]2C(=O)N(N(CC(=O)c3ccccc3)C(=O)c3ccc(Cl)c(Cl)c3)C(=O)[C@@H]12. The van der Waals surface area contributed by atoms with Crippen LogP contribution in [0.5, 0.6) is 0 Å². The summed E-state index contributed by atoms with van der Waals surface area (Å²) >= 11 is 12.0. The largest absolute Gasteiger partial charge is 0.292 e. The average molecular weight is 471 g/mol. The minimum absolute atomic E-state index is 0.113. The van der Waals surface area contributed by atoms with Gasteiger partial charge in [0.15, 0.2) is 5.78 Å². The van der Waals surface area contributed by atoms with E-state index in [1.165, 1.54) is 18.2 Å². The van der Waals surface area contributed by atoms with Gasteiger partial charge in [0, 0.05) is 11.1 Å². The Morgan fingerprint density at radius 3 is 2.38 bits per heavy atom. The van der Waals surface area contributed by atoms with Gasteiger partial charge >= 0.3 is 0 Å². The summed E-state index contributed by atoms with van der Waals surface area (Å²) in [7, 11) is 0.